The van der Waals surface area contributed by atoms with E-state index >= 15 is 0 Å². The van der Waals surface area contributed by atoms with Gasteiger partial charge in [0.25, 0.3) is 0 Å². The monoisotopic (exact) mass is 381 g/mol. The lowest BCUT2D eigenvalue weighted by Crippen LogP contribution is -2.48. The average molecular weight is 382 g/mol. The van der Waals surface area contributed by atoms with Crippen LogP contribution in [0.3, 0.4) is 0 Å². The highest BCUT2D eigenvalue weighted by molar-refractivity contribution is 6.30. The molecule has 26 heavy (non-hydrogen) atoms. The summed E-state index contributed by atoms with van der Waals surface area (Å²) in [6.45, 7) is 7.52. The number of halogens is 1. The third-order valence-corrected chi connectivity index (χ3v) is 4.91. The van der Waals surface area contributed by atoms with Crippen molar-refractivity contribution < 1.29 is 14.3 Å². The Labute approximate surface area is 160 Å². The second-order valence-electron chi connectivity index (χ2n) is 6.31. The number of piperidine rings is 1. The maximum atomic E-state index is 12.3. The van der Waals surface area contributed by atoms with E-state index in [1.807, 2.05) is 23.6 Å². The fraction of sp³-hybridized carbons (Fsp3) is 0.579. The molecule has 0 saturated carbocycles. The average Bonchev–Trinajstić information content (AvgIpc) is 2.67. The number of nitrogens with zero attached hydrogens (tertiary/aromatic N) is 2. The minimum atomic E-state index is -0.0358. The molecule has 0 unspecified atom stereocenters. The van der Waals surface area contributed by atoms with Crippen LogP contribution in [-0.2, 0) is 4.79 Å². The largest absolute Gasteiger partial charge is 0.492 e. The van der Waals surface area contributed by atoms with Gasteiger partial charge in [-0.25, -0.2) is 4.79 Å². The summed E-state index contributed by atoms with van der Waals surface area (Å²) in [4.78, 5) is 28.3. The summed E-state index contributed by atoms with van der Waals surface area (Å²) >= 11 is 5.82. The van der Waals surface area contributed by atoms with Gasteiger partial charge in [0.2, 0.25) is 5.91 Å². The Morgan fingerprint density at radius 3 is 2.38 bits per heavy atom. The van der Waals surface area contributed by atoms with E-state index < -0.39 is 0 Å². The third-order valence-electron chi connectivity index (χ3n) is 4.65. The van der Waals surface area contributed by atoms with Gasteiger partial charge >= 0.3 is 6.03 Å². The van der Waals surface area contributed by atoms with Gasteiger partial charge in [-0.05, 0) is 51.0 Å². The van der Waals surface area contributed by atoms with Crippen molar-refractivity contribution in [2.24, 2.45) is 5.92 Å². The van der Waals surface area contributed by atoms with Gasteiger partial charge in [-0.15, -0.1) is 0 Å². The van der Waals surface area contributed by atoms with Crippen molar-refractivity contribution in [1.29, 1.82) is 0 Å². The Kier molecular flexibility index (Phi) is 8.04. The van der Waals surface area contributed by atoms with Gasteiger partial charge in [-0.3, -0.25) is 4.79 Å². The topological polar surface area (TPSA) is 61.9 Å². The molecule has 1 aromatic carbocycles. The minimum Gasteiger partial charge on any atom is -0.492 e. The van der Waals surface area contributed by atoms with Crippen LogP contribution >= 0.6 is 11.6 Å². The smallest absolute Gasteiger partial charge is 0.319 e. The number of carbonyl (C=O) groups is 2. The minimum absolute atomic E-state index is 0.0358. The van der Waals surface area contributed by atoms with E-state index in [9.17, 15) is 9.59 Å². The zero-order valence-corrected chi connectivity index (χ0v) is 16.3. The number of benzene rings is 1. The van der Waals surface area contributed by atoms with Crippen LogP contribution in [0.15, 0.2) is 24.3 Å². The maximum absolute atomic E-state index is 12.3. The van der Waals surface area contributed by atoms with Gasteiger partial charge < -0.3 is 19.9 Å². The molecule has 6 nitrogen and oxygen atoms in total. The summed E-state index contributed by atoms with van der Waals surface area (Å²) < 4.78 is 5.57. The van der Waals surface area contributed by atoms with E-state index in [0.717, 1.165) is 5.75 Å². The van der Waals surface area contributed by atoms with E-state index in [1.54, 1.807) is 24.3 Å². The van der Waals surface area contributed by atoms with E-state index in [0.29, 0.717) is 57.2 Å². The standard InChI is InChI=1S/C19H28ClN3O3/c1-3-22(4-2)19(25)23-12-9-15(10-13-23)18(24)21-11-14-26-17-7-5-16(20)6-8-17/h5-8,15H,3-4,9-14H2,1-2H3,(H,21,24). The molecule has 1 N–H and O–H groups in total. The molecule has 1 aliphatic rings. The van der Waals surface area contributed by atoms with Crippen LogP contribution in [0.5, 0.6) is 5.75 Å². The van der Waals surface area contributed by atoms with Gasteiger partial charge in [-0.2, -0.15) is 0 Å². The van der Waals surface area contributed by atoms with Crippen molar-refractivity contribution in [3.05, 3.63) is 29.3 Å². The number of hydrogen-bond acceptors (Lipinski definition) is 3. The Morgan fingerprint density at radius 2 is 1.81 bits per heavy atom. The van der Waals surface area contributed by atoms with Crippen molar-refractivity contribution in [1.82, 2.24) is 15.1 Å². The fourth-order valence-corrected chi connectivity index (χ4v) is 3.17. The molecule has 0 aliphatic carbocycles. The number of amides is 3. The molecular weight excluding hydrogens is 354 g/mol. The summed E-state index contributed by atoms with van der Waals surface area (Å²) in [6.07, 6.45) is 1.41. The Morgan fingerprint density at radius 1 is 1.19 bits per heavy atom. The number of urea groups is 1. The number of likely N-dealkylation sites (tertiary alicyclic amines) is 1. The zero-order valence-electron chi connectivity index (χ0n) is 15.5. The summed E-state index contributed by atoms with van der Waals surface area (Å²) in [5.74, 6) is 0.734. The molecule has 1 aromatic rings. The molecule has 2 rings (SSSR count). The second kappa shape index (κ2) is 10.3. The van der Waals surface area contributed by atoms with E-state index in [-0.39, 0.29) is 17.9 Å². The molecule has 0 bridgehead atoms. The van der Waals surface area contributed by atoms with Crippen molar-refractivity contribution in [3.63, 3.8) is 0 Å². The first kappa shape index (κ1) is 20.4. The van der Waals surface area contributed by atoms with Gasteiger partial charge in [0, 0.05) is 37.1 Å². The lowest BCUT2D eigenvalue weighted by Gasteiger charge is -2.34. The summed E-state index contributed by atoms with van der Waals surface area (Å²) in [5, 5.41) is 3.58. The molecule has 1 saturated heterocycles. The van der Waals surface area contributed by atoms with E-state index in [2.05, 4.69) is 5.32 Å². The quantitative estimate of drug-likeness (QED) is 0.738. The van der Waals surface area contributed by atoms with Crippen molar-refractivity contribution in [2.75, 3.05) is 39.3 Å². The lowest BCUT2D eigenvalue weighted by atomic mass is 9.96. The second-order valence-corrected chi connectivity index (χ2v) is 6.75. The maximum Gasteiger partial charge on any atom is 0.319 e. The number of hydrogen-bond donors (Lipinski definition) is 1. The third kappa shape index (κ3) is 5.80. The highest BCUT2D eigenvalue weighted by Gasteiger charge is 2.28. The van der Waals surface area contributed by atoms with E-state index in [4.69, 9.17) is 16.3 Å². The molecule has 1 aliphatic heterocycles. The molecule has 0 aromatic heterocycles. The van der Waals surface area contributed by atoms with Crippen LogP contribution in [0.2, 0.25) is 5.02 Å². The van der Waals surface area contributed by atoms with Crippen molar-refractivity contribution in [2.45, 2.75) is 26.7 Å². The Balaban J connectivity index is 1.66. The summed E-state index contributed by atoms with van der Waals surface area (Å²) in [6, 6.07) is 7.20. The van der Waals surface area contributed by atoms with Crippen LogP contribution in [0.4, 0.5) is 4.79 Å². The van der Waals surface area contributed by atoms with E-state index in [1.165, 1.54) is 0 Å². The summed E-state index contributed by atoms with van der Waals surface area (Å²) in [5.41, 5.74) is 0. The molecule has 0 spiro atoms. The van der Waals surface area contributed by atoms with Crippen LogP contribution in [0.1, 0.15) is 26.7 Å². The zero-order chi connectivity index (χ0) is 18.9. The molecule has 1 fully saturated rings. The predicted molar refractivity (Wildman–Crippen MR) is 103 cm³/mol. The van der Waals surface area contributed by atoms with Crippen LogP contribution in [-0.4, -0.2) is 61.1 Å². The highest BCUT2D eigenvalue weighted by Crippen LogP contribution is 2.19. The number of ether oxygens (including phenoxy) is 1. The van der Waals surface area contributed by atoms with Gasteiger partial charge in [-0.1, -0.05) is 11.6 Å². The number of carbonyl (C=O) groups excluding carboxylic acids is 2. The van der Waals surface area contributed by atoms with Crippen LogP contribution in [0, 0.1) is 5.92 Å². The number of rotatable bonds is 7. The first-order chi connectivity index (χ1) is 12.5. The van der Waals surface area contributed by atoms with Gasteiger partial charge in [0.05, 0.1) is 6.54 Å². The molecule has 1 heterocycles. The predicted octanol–water partition coefficient (Wildman–Crippen LogP) is 3.01. The van der Waals surface area contributed by atoms with Crippen LogP contribution < -0.4 is 10.1 Å². The molecule has 0 atom stereocenters. The molecule has 3 amide bonds. The Hall–Kier alpha value is -1.95. The normalized spacial score (nSPS) is 14.8. The Bertz CT molecular complexity index is 582. The van der Waals surface area contributed by atoms with Crippen molar-refractivity contribution >= 4 is 23.5 Å². The SMILES string of the molecule is CCN(CC)C(=O)N1CCC(C(=O)NCCOc2ccc(Cl)cc2)CC1. The highest BCUT2D eigenvalue weighted by atomic mass is 35.5. The first-order valence-electron chi connectivity index (χ1n) is 9.25. The molecule has 144 valence electrons. The number of nitrogens with one attached hydrogen (secondary N) is 1. The molecule has 0 radical (unpaired) electrons. The van der Waals surface area contributed by atoms with Crippen molar-refractivity contribution in [3.8, 4) is 5.75 Å². The lowest BCUT2D eigenvalue weighted by molar-refractivity contribution is -0.126. The molecular formula is C19H28ClN3O3. The molecule has 7 heteroatoms. The fourth-order valence-electron chi connectivity index (χ4n) is 3.05. The van der Waals surface area contributed by atoms with Gasteiger partial charge in [0.15, 0.2) is 0 Å². The summed E-state index contributed by atoms with van der Waals surface area (Å²) in [7, 11) is 0. The first-order valence-corrected chi connectivity index (χ1v) is 9.62. The van der Waals surface area contributed by atoms with Gasteiger partial charge in [0.1, 0.15) is 12.4 Å². The van der Waals surface area contributed by atoms with Crippen LogP contribution in [0.25, 0.3) is 0 Å².